The molecule has 0 spiro atoms. The van der Waals surface area contributed by atoms with Crippen molar-refractivity contribution < 1.29 is 19.0 Å². The van der Waals surface area contributed by atoms with Crippen LogP contribution < -0.4 is 19.5 Å². The van der Waals surface area contributed by atoms with Gasteiger partial charge in [-0.05, 0) is 125 Å². The Bertz CT molecular complexity index is 2460. The molecular formula is C49H43Cl2N3O4. The lowest BCUT2D eigenvalue weighted by Gasteiger charge is -2.38. The third-order valence-corrected chi connectivity index (χ3v) is 11.7. The smallest absolute Gasteiger partial charge is 0.237 e. The monoisotopic (exact) mass is 807 g/mol. The third kappa shape index (κ3) is 9.01. The molecule has 2 heterocycles. The number of halogens is 2. The number of fused-ring (bicyclic) bond motifs is 2. The molecule has 8 rings (SSSR count). The fraction of sp³-hybridized carbons (Fsp3) is 0.224. The Hall–Kier alpha value is -5.78. The third-order valence-electron chi connectivity index (χ3n) is 11.0. The maximum absolute atomic E-state index is 14.2. The molecule has 0 bridgehead atoms. The van der Waals surface area contributed by atoms with E-state index in [0.29, 0.717) is 66.3 Å². The fourth-order valence-corrected chi connectivity index (χ4v) is 8.01. The predicted octanol–water partition coefficient (Wildman–Crippen LogP) is 10.6. The number of rotatable bonds is 11. The second kappa shape index (κ2) is 17.4. The molecule has 292 valence electrons. The topological polar surface area (TPSA) is 83.8 Å². The van der Waals surface area contributed by atoms with E-state index in [1.807, 2.05) is 66.7 Å². The zero-order chi connectivity index (χ0) is 40.2. The van der Waals surface area contributed by atoms with Gasteiger partial charge in [0.15, 0.2) is 17.6 Å². The van der Waals surface area contributed by atoms with E-state index in [2.05, 4.69) is 84.7 Å². The Balaban J connectivity index is 0.942. The molecule has 1 amide bonds. The summed E-state index contributed by atoms with van der Waals surface area (Å²) in [5.41, 5.74) is 10.5. The number of carbonyl (C=O) groups excluding carboxylic acids is 1. The first kappa shape index (κ1) is 39.1. The molecule has 0 aliphatic carbocycles. The van der Waals surface area contributed by atoms with Gasteiger partial charge in [-0.3, -0.25) is 9.69 Å². The molecule has 58 heavy (non-hydrogen) atoms. The van der Waals surface area contributed by atoms with Crippen LogP contribution in [0.3, 0.4) is 0 Å². The van der Waals surface area contributed by atoms with E-state index >= 15 is 0 Å². The van der Waals surface area contributed by atoms with Gasteiger partial charge in [0.25, 0.3) is 0 Å². The fourth-order valence-electron chi connectivity index (χ4n) is 7.69. The molecular weight excluding hydrogens is 765 g/mol. The van der Waals surface area contributed by atoms with Crippen molar-refractivity contribution >= 4 is 29.1 Å². The quantitative estimate of drug-likeness (QED) is 0.140. The van der Waals surface area contributed by atoms with Gasteiger partial charge >= 0.3 is 0 Å². The molecule has 3 unspecified atom stereocenters. The SMILES string of the molecule is Cc1ccccc1CN1Cc2cc3c(cc2CC1C(=O)NC(C)Cc1ccc(-c2ccc(C#N)cc2)cc1)OCC(c1ccc(OCc2ccc(Cl)c(Cl)c2)cc1)O3. The van der Waals surface area contributed by atoms with Crippen LogP contribution in [-0.2, 0) is 37.3 Å². The van der Waals surface area contributed by atoms with Gasteiger partial charge in [-0.2, -0.15) is 5.26 Å². The van der Waals surface area contributed by atoms with Gasteiger partial charge in [0.1, 0.15) is 19.0 Å². The number of aryl methyl sites for hydroxylation is 1. The molecule has 0 saturated heterocycles. The number of nitrogens with one attached hydrogen (secondary N) is 1. The molecule has 0 radical (unpaired) electrons. The second-order valence-corrected chi connectivity index (χ2v) is 16.0. The normalized spacial score (nSPS) is 16.5. The number of carbonyl (C=O) groups is 1. The summed E-state index contributed by atoms with van der Waals surface area (Å²) in [4.78, 5) is 16.5. The highest BCUT2D eigenvalue weighted by Gasteiger charge is 2.34. The zero-order valence-electron chi connectivity index (χ0n) is 32.4. The van der Waals surface area contributed by atoms with E-state index in [1.165, 1.54) is 11.1 Å². The minimum absolute atomic E-state index is 0.0141. The largest absolute Gasteiger partial charge is 0.489 e. The van der Waals surface area contributed by atoms with Crippen LogP contribution in [0.4, 0.5) is 0 Å². The highest BCUT2D eigenvalue weighted by molar-refractivity contribution is 6.42. The lowest BCUT2D eigenvalue weighted by molar-refractivity contribution is -0.128. The van der Waals surface area contributed by atoms with Crippen molar-refractivity contribution in [2.24, 2.45) is 0 Å². The Kier molecular flexibility index (Phi) is 11.7. The van der Waals surface area contributed by atoms with Crippen molar-refractivity contribution in [3.05, 3.63) is 182 Å². The van der Waals surface area contributed by atoms with Gasteiger partial charge < -0.3 is 19.5 Å². The average molecular weight is 809 g/mol. The van der Waals surface area contributed by atoms with Gasteiger partial charge in [-0.15, -0.1) is 0 Å². The van der Waals surface area contributed by atoms with Crippen LogP contribution in [0, 0.1) is 18.3 Å². The van der Waals surface area contributed by atoms with Gasteiger partial charge in [0, 0.05) is 19.1 Å². The van der Waals surface area contributed by atoms with Crippen LogP contribution in [-0.4, -0.2) is 29.5 Å². The van der Waals surface area contributed by atoms with Crippen LogP contribution >= 0.6 is 23.2 Å². The lowest BCUT2D eigenvalue weighted by Crippen LogP contribution is -2.52. The van der Waals surface area contributed by atoms with Crippen LogP contribution in [0.25, 0.3) is 11.1 Å². The first-order chi connectivity index (χ1) is 28.2. The van der Waals surface area contributed by atoms with Gasteiger partial charge in [0.2, 0.25) is 5.91 Å². The van der Waals surface area contributed by atoms with Crippen LogP contribution in [0.1, 0.15) is 57.5 Å². The molecule has 3 atom stereocenters. The molecule has 9 heteroatoms. The van der Waals surface area contributed by atoms with E-state index in [4.69, 9.17) is 42.7 Å². The molecule has 0 aromatic heterocycles. The van der Waals surface area contributed by atoms with E-state index in [1.54, 1.807) is 6.07 Å². The van der Waals surface area contributed by atoms with Crippen molar-refractivity contribution in [3.8, 4) is 34.4 Å². The molecule has 0 fully saturated rings. The van der Waals surface area contributed by atoms with Crippen molar-refractivity contribution in [3.63, 3.8) is 0 Å². The highest BCUT2D eigenvalue weighted by Crippen LogP contribution is 2.41. The summed E-state index contributed by atoms with van der Waals surface area (Å²) in [7, 11) is 0. The molecule has 0 saturated carbocycles. The summed E-state index contributed by atoms with van der Waals surface area (Å²) in [6.07, 6.45) is 0.978. The summed E-state index contributed by atoms with van der Waals surface area (Å²) >= 11 is 12.2. The van der Waals surface area contributed by atoms with E-state index < -0.39 is 0 Å². The first-order valence-corrected chi connectivity index (χ1v) is 20.2. The minimum Gasteiger partial charge on any atom is -0.489 e. The summed E-state index contributed by atoms with van der Waals surface area (Å²) in [5, 5.41) is 13.5. The van der Waals surface area contributed by atoms with Gasteiger partial charge in [0.05, 0.1) is 27.7 Å². The zero-order valence-corrected chi connectivity index (χ0v) is 33.9. The van der Waals surface area contributed by atoms with E-state index in [9.17, 15) is 4.79 Å². The first-order valence-electron chi connectivity index (χ1n) is 19.5. The molecule has 2 aliphatic heterocycles. The number of nitrogens with zero attached hydrogens (tertiary/aromatic N) is 2. The molecule has 1 N–H and O–H groups in total. The summed E-state index contributed by atoms with van der Waals surface area (Å²) < 4.78 is 18.9. The standard InChI is InChI=1S/C49H43Cl2N3O4/c1-31-5-3-4-6-39(31)27-54-28-41-25-47-46(57-30-48(58-47)38-16-18-42(19-17-38)56-29-35-11-20-43(50)44(51)22-35)24-40(41)23-45(54)49(55)53-32(2)21-33-7-12-36(13-8-33)37-14-9-34(26-52)10-15-37/h3-20,22,24-25,32,45,48H,21,23,27-30H2,1-2H3,(H,53,55). The number of benzene rings is 6. The number of ether oxygens (including phenoxy) is 3. The van der Waals surface area contributed by atoms with Crippen LogP contribution in [0.15, 0.2) is 127 Å². The summed E-state index contributed by atoms with van der Waals surface area (Å²) in [6, 6.07) is 43.6. The van der Waals surface area contributed by atoms with Crippen molar-refractivity contribution in [2.45, 2.75) is 64.6 Å². The molecule has 2 aliphatic rings. The number of hydrogen-bond acceptors (Lipinski definition) is 6. The Morgan fingerprint density at radius 1 is 0.862 bits per heavy atom. The van der Waals surface area contributed by atoms with Crippen molar-refractivity contribution in [2.75, 3.05) is 6.61 Å². The number of nitriles is 1. The number of amides is 1. The van der Waals surface area contributed by atoms with E-state index in [-0.39, 0.29) is 24.1 Å². The lowest BCUT2D eigenvalue weighted by atomic mass is 9.91. The highest BCUT2D eigenvalue weighted by atomic mass is 35.5. The summed E-state index contributed by atoms with van der Waals surface area (Å²) in [6.45, 7) is 6.16. The average Bonchev–Trinajstić information content (AvgIpc) is 3.24. The Morgan fingerprint density at radius 3 is 2.29 bits per heavy atom. The maximum Gasteiger partial charge on any atom is 0.237 e. The molecule has 6 aromatic carbocycles. The van der Waals surface area contributed by atoms with Crippen molar-refractivity contribution in [1.29, 1.82) is 5.26 Å². The van der Waals surface area contributed by atoms with Crippen LogP contribution in [0.2, 0.25) is 10.0 Å². The minimum atomic E-state index is -0.360. The maximum atomic E-state index is 14.2. The molecule has 7 nitrogen and oxygen atoms in total. The van der Waals surface area contributed by atoms with Gasteiger partial charge in [-0.25, -0.2) is 0 Å². The van der Waals surface area contributed by atoms with Gasteiger partial charge in [-0.1, -0.05) is 102 Å². The van der Waals surface area contributed by atoms with Crippen LogP contribution in [0.5, 0.6) is 17.2 Å². The second-order valence-electron chi connectivity index (χ2n) is 15.1. The summed E-state index contributed by atoms with van der Waals surface area (Å²) in [5.74, 6) is 2.14. The van der Waals surface area contributed by atoms with Crippen molar-refractivity contribution in [1.82, 2.24) is 10.2 Å². The number of hydrogen-bond donors (Lipinski definition) is 1. The molecule has 6 aromatic rings. The predicted molar refractivity (Wildman–Crippen MR) is 228 cm³/mol. The Morgan fingerprint density at radius 2 is 1.57 bits per heavy atom. The van der Waals surface area contributed by atoms with E-state index in [0.717, 1.165) is 44.7 Å². The Labute approximate surface area is 349 Å².